The molecule has 1 heterocycles. The van der Waals surface area contributed by atoms with Gasteiger partial charge in [-0.15, -0.1) is 0 Å². The molecule has 0 atom stereocenters. The summed E-state index contributed by atoms with van der Waals surface area (Å²) < 4.78 is 0.890. The van der Waals surface area contributed by atoms with E-state index in [2.05, 4.69) is 26.2 Å². The maximum Gasteiger partial charge on any atom is 0.149 e. The largest absolute Gasteiger partial charge is 0.396 e. The molecule has 0 aliphatic heterocycles. The SMILES string of the molecule is Nc1cc(Br)cnc1NCC1CCC(O)CC1. The number of rotatable bonds is 3. The predicted octanol–water partition coefficient (Wildman–Crippen LogP) is 2.39. The van der Waals surface area contributed by atoms with Crippen molar-refractivity contribution in [3.63, 3.8) is 0 Å². The van der Waals surface area contributed by atoms with Gasteiger partial charge >= 0.3 is 0 Å². The fraction of sp³-hybridized carbons (Fsp3) is 0.583. The van der Waals surface area contributed by atoms with Crippen molar-refractivity contribution in [2.45, 2.75) is 31.8 Å². The van der Waals surface area contributed by atoms with Crippen molar-refractivity contribution >= 4 is 27.4 Å². The number of aliphatic hydroxyl groups excluding tert-OH is 1. The van der Waals surface area contributed by atoms with Gasteiger partial charge in [-0.1, -0.05) is 0 Å². The zero-order valence-corrected chi connectivity index (χ0v) is 11.3. The molecular formula is C12H18BrN3O. The summed E-state index contributed by atoms with van der Waals surface area (Å²) in [7, 11) is 0. The van der Waals surface area contributed by atoms with Gasteiger partial charge in [-0.2, -0.15) is 0 Å². The molecule has 1 aromatic rings. The Bertz CT molecular complexity index is 378. The Kier molecular flexibility index (Phi) is 4.23. The number of nitrogen functional groups attached to an aromatic ring is 1. The third-order valence-corrected chi connectivity index (χ3v) is 3.69. The van der Waals surface area contributed by atoms with Gasteiger partial charge in [-0.05, 0) is 53.6 Å². The lowest BCUT2D eigenvalue weighted by Gasteiger charge is -2.25. The van der Waals surface area contributed by atoms with Gasteiger partial charge in [0.15, 0.2) is 0 Å². The first kappa shape index (κ1) is 12.6. The standard InChI is InChI=1S/C12H18BrN3O/c13-9-5-11(14)12(16-7-9)15-6-8-1-3-10(17)4-2-8/h5,7-8,10,17H,1-4,6,14H2,(H,15,16). The van der Waals surface area contributed by atoms with Gasteiger partial charge < -0.3 is 16.2 Å². The van der Waals surface area contributed by atoms with E-state index < -0.39 is 0 Å². The molecule has 1 saturated carbocycles. The quantitative estimate of drug-likeness (QED) is 0.801. The van der Waals surface area contributed by atoms with E-state index >= 15 is 0 Å². The number of nitrogens with one attached hydrogen (secondary N) is 1. The molecule has 0 radical (unpaired) electrons. The molecule has 4 N–H and O–H groups in total. The van der Waals surface area contributed by atoms with Crippen molar-refractivity contribution in [1.29, 1.82) is 0 Å². The van der Waals surface area contributed by atoms with Crippen LogP contribution in [0.15, 0.2) is 16.7 Å². The highest BCUT2D eigenvalue weighted by atomic mass is 79.9. The molecule has 5 heteroatoms. The van der Waals surface area contributed by atoms with Crippen LogP contribution < -0.4 is 11.1 Å². The van der Waals surface area contributed by atoms with Gasteiger partial charge in [0.25, 0.3) is 0 Å². The Hall–Kier alpha value is -0.810. The Labute approximate surface area is 110 Å². The summed E-state index contributed by atoms with van der Waals surface area (Å²) >= 11 is 3.33. The van der Waals surface area contributed by atoms with Crippen LogP contribution >= 0.6 is 15.9 Å². The number of anilines is 2. The van der Waals surface area contributed by atoms with E-state index in [1.165, 1.54) is 0 Å². The minimum absolute atomic E-state index is 0.0953. The number of nitrogens with two attached hydrogens (primary N) is 1. The molecule has 1 fully saturated rings. The molecule has 1 aliphatic carbocycles. The van der Waals surface area contributed by atoms with E-state index in [9.17, 15) is 5.11 Å². The van der Waals surface area contributed by atoms with E-state index in [1.54, 1.807) is 6.20 Å². The van der Waals surface area contributed by atoms with Gasteiger partial charge in [0.2, 0.25) is 0 Å². The van der Waals surface area contributed by atoms with Crippen LogP contribution in [0.25, 0.3) is 0 Å². The first-order valence-corrected chi connectivity index (χ1v) is 6.77. The summed E-state index contributed by atoms with van der Waals surface area (Å²) in [5.74, 6) is 1.36. The second-order valence-electron chi connectivity index (χ2n) is 4.65. The molecule has 17 heavy (non-hydrogen) atoms. The lowest BCUT2D eigenvalue weighted by molar-refractivity contribution is 0.111. The number of aliphatic hydroxyl groups is 1. The average molecular weight is 300 g/mol. The fourth-order valence-corrected chi connectivity index (χ4v) is 2.54. The zero-order valence-electron chi connectivity index (χ0n) is 9.69. The second kappa shape index (κ2) is 5.69. The number of nitrogens with zero attached hydrogens (tertiary/aromatic N) is 1. The van der Waals surface area contributed by atoms with Crippen LogP contribution in [0.2, 0.25) is 0 Å². The molecule has 0 spiro atoms. The lowest BCUT2D eigenvalue weighted by Crippen LogP contribution is -2.24. The van der Waals surface area contributed by atoms with E-state index in [1.807, 2.05) is 6.07 Å². The monoisotopic (exact) mass is 299 g/mol. The molecule has 0 unspecified atom stereocenters. The number of hydrogen-bond donors (Lipinski definition) is 3. The third-order valence-electron chi connectivity index (χ3n) is 3.26. The first-order valence-electron chi connectivity index (χ1n) is 5.98. The molecule has 0 amide bonds. The van der Waals surface area contributed by atoms with Gasteiger partial charge in [0.1, 0.15) is 5.82 Å². The normalized spacial score (nSPS) is 24.6. The van der Waals surface area contributed by atoms with E-state index in [0.717, 1.165) is 42.5 Å². The molecule has 1 aliphatic rings. The van der Waals surface area contributed by atoms with Crippen LogP contribution in [0, 0.1) is 5.92 Å². The smallest absolute Gasteiger partial charge is 0.149 e. The summed E-state index contributed by atoms with van der Waals surface area (Å²) in [4.78, 5) is 4.24. The zero-order chi connectivity index (χ0) is 12.3. The number of aromatic nitrogens is 1. The van der Waals surface area contributed by atoms with Crippen molar-refractivity contribution in [1.82, 2.24) is 4.98 Å². The van der Waals surface area contributed by atoms with Gasteiger partial charge in [-0.25, -0.2) is 4.98 Å². The van der Waals surface area contributed by atoms with Crippen LogP contribution in [0.3, 0.4) is 0 Å². The topological polar surface area (TPSA) is 71.2 Å². The molecule has 0 aromatic carbocycles. The highest BCUT2D eigenvalue weighted by Crippen LogP contribution is 2.25. The Balaban J connectivity index is 1.85. The predicted molar refractivity (Wildman–Crippen MR) is 72.8 cm³/mol. The lowest BCUT2D eigenvalue weighted by atomic mass is 9.87. The number of halogens is 1. The average Bonchev–Trinajstić information content (AvgIpc) is 2.30. The Morgan fingerprint density at radius 3 is 2.76 bits per heavy atom. The second-order valence-corrected chi connectivity index (χ2v) is 5.56. The van der Waals surface area contributed by atoms with Gasteiger partial charge in [0.05, 0.1) is 11.8 Å². The summed E-state index contributed by atoms with van der Waals surface area (Å²) in [5, 5.41) is 12.7. The minimum atomic E-state index is -0.0953. The maximum atomic E-state index is 9.43. The molecule has 0 saturated heterocycles. The summed E-state index contributed by atoms with van der Waals surface area (Å²) in [6.07, 6.45) is 5.62. The molecule has 4 nitrogen and oxygen atoms in total. The summed E-state index contributed by atoms with van der Waals surface area (Å²) in [5.41, 5.74) is 6.53. The molecule has 94 valence electrons. The van der Waals surface area contributed by atoms with Crippen molar-refractivity contribution < 1.29 is 5.11 Å². The van der Waals surface area contributed by atoms with Crippen molar-refractivity contribution in [3.05, 3.63) is 16.7 Å². The number of hydrogen-bond acceptors (Lipinski definition) is 4. The Morgan fingerprint density at radius 2 is 2.12 bits per heavy atom. The molecule has 2 rings (SSSR count). The minimum Gasteiger partial charge on any atom is -0.396 e. The highest BCUT2D eigenvalue weighted by molar-refractivity contribution is 9.10. The fourth-order valence-electron chi connectivity index (χ4n) is 2.19. The molecule has 0 bridgehead atoms. The van der Waals surface area contributed by atoms with E-state index in [4.69, 9.17) is 5.73 Å². The van der Waals surface area contributed by atoms with E-state index in [0.29, 0.717) is 11.6 Å². The van der Waals surface area contributed by atoms with Crippen LogP contribution in [0.4, 0.5) is 11.5 Å². The Morgan fingerprint density at radius 1 is 1.41 bits per heavy atom. The summed E-state index contributed by atoms with van der Waals surface area (Å²) in [6, 6.07) is 1.85. The maximum absolute atomic E-state index is 9.43. The number of pyridine rings is 1. The molecular weight excluding hydrogens is 282 g/mol. The van der Waals surface area contributed by atoms with Crippen LogP contribution in [0.1, 0.15) is 25.7 Å². The van der Waals surface area contributed by atoms with Crippen LogP contribution in [-0.4, -0.2) is 22.7 Å². The third kappa shape index (κ3) is 3.57. The summed E-state index contributed by atoms with van der Waals surface area (Å²) in [6.45, 7) is 0.881. The van der Waals surface area contributed by atoms with Gasteiger partial charge in [-0.3, -0.25) is 0 Å². The first-order chi connectivity index (χ1) is 8.15. The van der Waals surface area contributed by atoms with E-state index in [-0.39, 0.29) is 6.10 Å². The van der Waals surface area contributed by atoms with Crippen LogP contribution in [-0.2, 0) is 0 Å². The van der Waals surface area contributed by atoms with Gasteiger partial charge in [0, 0.05) is 17.2 Å². The van der Waals surface area contributed by atoms with Crippen molar-refractivity contribution in [2.24, 2.45) is 5.92 Å². The van der Waals surface area contributed by atoms with Crippen molar-refractivity contribution in [2.75, 3.05) is 17.6 Å². The van der Waals surface area contributed by atoms with Crippen molar-refractivity contribution in [3.8, 4) is 0 Å². The molecule has 1 aromatic heterocycles. The van der Waals surface area contributed by atoms with Crippen LogP contribution in [0.5, 0.6) is 0 Å². The highest BCUT2D eigenvalue weighted by Gasteiger charge is 2.19.